The first-order chi connectivity index (χ1) is 8.76. The normalized spacial score (nSPS) is 27.1. The molecule has 0 bridgehead atoms. The largest absolute Gasteiger partial charge is 0.311 e. The van der Waals surface area contributed by atoms with Gasteiger partial charge in [0.25, 0.3) is 0 Å². The standard InChI is InChI=1S/C16H26N2/c1-4-13(3)15-12-18(5-2)16(11-17-15)14-9-7-6-8-10-14/h6-10,13,15-17H,4-5,11-12H2,1-3H3. The van der Waals surface area contributed by atoms with E-state index in [0.29, 0.717) is 12.1 Å². The van der Waals surface area contributed by atoms with E-state index in [0.717, 1.165) is 19.0 Å². The van der Waals surface area contributed by atoms with Gasteiger partial charge in [-0.2, -0.15) is 0 Å². The Morgan fingerprint density at radius 2 is 2.00 bits per heavy atom. The van der Waals surface area contributed by atoms with Gasteiger partial charge >= 0.3 is 0 Å². The highest BCUT2D eigenvalue weighted by atomic mass is 15.2. The zero-order valence-electron chi connectivity index (χ0n) is 11.9. The summed E-state index contributed by atoms with van der Waals surface area (Å²) < 4.78 is 0. The average molecular weight is 246 g/mol. The quantitative estimate of drug-likeness (QED) is 0.878. The molecule has 3 atom stereocenters. The second-order valence-electron chi connectivity index (χ2n) is 5.41. The van der Waals surface area contributed by atoms with Crippen molar-refractivity contribution in [3.8, 4) is 0 Å². The van der Waals surface area contributed by atoms with Crippen LogP contribution in [0.1, 0.15) is 38.8 Å². The van der Waals surface area contributed by atoms with Gasteiger partial charge in [-0.3, -0.25) is 4.90 Å². The van der Waals surface area contributed by atoms with Gasteiger partial charge in [0.1, 0.15) is 0 Å². The van der Waals surface area contributed by atoms with Gasteiger partial charge in [-0.05, 0) is 18.0 Å². The molecule has 0 aliphatic carbocycles. The van der Waals surface area contributed by atoms with Gasteiger partial charge in [0.2, 0.25) is 0 Å². The van der Waals surface area contributed by atoms with E-state index in [2.05, 4.69) is 61.3 Å². The summed E-state index contributed by atoms with van der Waals surface area (Å²) in [7, 11) is 0. The van der Waals surface area contributed by atoms with E-state index in [9.17, 15) is 0 Å². The van der Waals surface area contributed by atoms with Crippen LogP contribution >= 0.6 is 0 Å². The van der Waals surface area contributed by atoms with Crippen molar-refractivity contribution in [2.45, 2.75) is 39.3 Å². The molecule has 100 valence electrons. The lowest BCUT2D eigenvalue weighted by Gasteiger charge is -2.42. The zero-order valence-corrected chi connectivity index (χ0v) is 11.9. The summed E-state index contributed by atoms with van der Waals surface area (Å²) in [5, 5.41) is 3.74. The van der Waals surface area contributed by atoms with Crippen molar-refractivity contribution in [2.24, 2.45) is 5.92 Å². The maximum Gasteiger partial charge on any atom is 0.0473 e. The van der Waals surface area contributed by atoms with Crippen molar-refractivity contribution in [3.63, 3.8) is 0 Å². The summed E-state index contributed by atoms with van der Waals surface area (Å²) in [5.74, 6) is 0.760. The molecule has 1 fully saturated rings. The van der Waals surface area contributed by atoms with Crippen LogP contribution in [0.4, 0.5) is 0 Å². The van der Waals surface area contributed by atoms with Crippen molar-refractivity contribution in [2.75, 3.05) is 19.6 Å². The molecule has 0 amide bonds. The second-order valence-corrected chi connectivity index (χ2v) is 5.41. The lowest BCUT2D eigenvalue weighted by Crippen LogP contribution is -2.54. The maximum atomic E-state index is 3.74. The molecule has 1 aliphatic rings. The molecule has 1 N–H and O–H groups in total. The molecule has 1 heterocycles. The Hall–Kier alpha value is -0.860. The van der Waals surface area contributed by atoms with E-state index in [-0.39, 0.29) is 0 Å². The number of likely N-dealkylation sites (N-methyl/N-ethyl adjacent to an activating group) is 1. The molecule has 0 radical (unpaired) electrons. The van der Waals surface area contributed by atoms with Gasteiger partial charge in [0.15, 0.2) is 0 Å². The molecule has 3 unspecified atom stereocenters. The smallest absolute Gasteiger partial charge is 0.0473 e. The minimum absolute atomic E-state index is 0.538. The van der Waals surface area contributed by atoms with Crippen molar-refractivity contribution in [3.05, 3.63) is 35.9 Å². The van der Waals surface area contributed by atoms with Gasteiger partial charge in [-0.1, -0.05) is 57.5 Å². The molecule has 0 spiro atoms. The van der Waals surface area contributed by atoms with Crippen molar-refractivity contribution in [1.82, 2.24) is 10.2 Å². The predicted octanol–water partition coefficient (Wildman–Crippen LogP) is 3.07. The molecular formula is C16H26N2. The van der Waals surface area contributed by atoms with Crippen molar-refractivity contribution < 1.29 is 0 Å². The highest BCUT2D eigenvalue weighted by Crippen LogP contribution is 2.25. The third-order valence-electron chi connectivity index (χ3n) is 4.37. The Labute approximate surface area is 111 Å². The third kappa shape index (κ3) is 2.93. The van der Waals surface area contributed by atoms with Gasteiger partial charge in [0, 0.05) is 25.2 Å². The highest BCUT2D eigenvalue weighted by Gasteiger charge is 2.29. The van der Waals surface area contributed by atoms with Crippen LogP contribution < -0.4 is 5.32 Å². The Balaban J connectivity index is 2.07. The van der Waals surface area contributed by atoms with Crippen LogP contribution in [-0.4, -0.2) is 30.6 Å². The Bertz CT molecular complexity index is 349. The highest BCUT2D eigenvalue weighted by molar-refractivity contribution is 5.20. The number of benzene rings is 1. The Kier molecular flexibility index (Phi) is 4.79. The summed E-state index contributed by atoms with van der Waals surface area (Å²) in [6, 6.07) is 12.1. The zero-order chi connectivity index (χ0) is 13.0. The molecule has 2 nitrogen and oxygen atoms in total. The van der Waals surface area contributed by atoms with Crippen LogP contribution in [0.15, 0.2) is 30.3 Å². The fourth-order valence-electron chi connectivity index (χ4n) is 2.86. The number of hydrogen-bond donors (Lipinski definition) is 1. The van der Waals surface area contributed by atoms with Crippen LogP contribution in [0.25, 0.3) is 0 Å². The summed E-state index contributed by atoms with van der Waals surface area (Å²) in [6.07, 6.45) is 1.26. The molecule has 2 heteroatoms. The number of nitrogens with one attached hydrogen (secondary N) is 1. The van der Waals surface area contributed by atoms with E-state index < -0.39 is 0 Å². The fourth-order valence-corrected chi connectivity index (χ4v) is 2.86. The summed E-state index contributed by atoms with van der Waals surface area (Å²) in [4.78, 5) is 2.61. The Morgan fingerprint density at radius 3 is 2.61 bits per heavy atom. The van der Waals surface area contributed by atoms with Crippen LogP contribution in [0.2, 0.25) is 0 Å². The van der Waals surface area contributed by atoms with Crippen LogP contribution in [0.3, 0.4) is 0 Å². The monoisotopic (exact) mass is 246 g/mol. The summed E-state index contributed by atoms with van der Waals surface area (Å²) in [5.41, 5.74) is 1.44. The molecule has 1 saturated heterocycles. The topological polar surface area (TPSA) is 15.3 Å². The number of nitrogens with zero attached hydrogens (tertiary/aromatic N) is 1. The van der Waals surface area contributed by atoms with Gasteiger partial charge in [0.05, 0.1) is 0 Å². The number of hydrogen-bond acceptors (Lipinski definition) is 2. The van der Waals surface area contributed by atoms with Crippen LogP contribution in [0.5, 0.6) is 0 Å². The first-order valence-corrected chi connectivity index (χ1v) is 7.28. The molecular weight excluding hydrogens is 220 g/mol. The van der Waals surface area contributed by atoms with Gasteiger partial charge in [-0.25, -0.2) is 0 Å². The van der Waals surface area contributed by atoms with E-state index in [1.807, 2.05) is 0 Å². The van der Waals surface area contributed by atoms with Crippen LogP contribution in [0, 0.1) is 5.92 Å². The minimum atomic E-state index is 0.538. The number of piperazine rings is 1. The first kappa shape index (κ1) is 13.6. The summed E-state index contributed by atoms with van der Waals surface area (Å²) in [6.45, 7) is 10.3. The first-order valence-electron chi connectivity index (χ1n) is 7.28. The van der Waals surface area contributed by atoms with E-state index in [1.54, 1.807) is 0 Å². The molecule has 1 aliphatic heterocycles. The molecule has 18 heavy (non-hydrogen) atoms. The van der Waals surface area contributed by atoms with Crippen LogP contribution in [-0.2, 0) is 0 Å². The predicted molar refractivity (Wildman–Crippen MR) is 77.7 cm³/mol. The fraction of sp³-hybridized carbons (Fsp3) is 0.625. The maximum absolute atomic E-state index is 3.74. The van der Waals surface area contributed by atoms with E-state index in [4.69, 9.17) is 0 Å². The lowest BCUT2D eigenvalue weighted by atomic mass is 9.93. The van der Waals surface area contributed by atoms with Crippen molar-refractivity contribution in [1.29, 1.82) is 0 Å². The van der Waals surface area contributed by atoms with Gasteiger partial charge in [-0.15, -0.1) is 0 Å². The van der Waals surface area contributed by atoms with Crippen molar-refractivity contribution >= 4 is 0 Å². The third-order valence-corrected chi connectivity index (χ3v) is 4.37. The van der Waals surface area contributed by atoms with E-state index in [1.165, 1.54) is 18.5 Å². The van der Waals surface area contributed by atoms with Gasteiger partial charge < -0.3 is 5.32 Å². The van der Waals surface area contributed by atoms with E-state index >= 15 is 0 Å². The molecule has 0 saturated carbocycles. The lowest BCUT2D eigenvalue weighted by molar-refractivity contribution is 0.115. The second kappa shape index (κ2) is 6.35. The molecule has 0 aromatic heterocycles. The minimum Gasteiger partial charge on any atom is -0.311 e. The molecule has 1 aromatic carbocycles. The average Bonchev–Trinajstić information content (AvgIpc) is 2.46. The SMILES string of the molecule is CCC(C)C1CN(CC)C(c2ccccc2)CN1. The summed E-state index contributed by atoms with van der Waals surface area (Å²) >= 11 is 0. The molecule has 1 aromatic rings. The Morgan fingerprint density at radius 1 is 1.28 bits per heavy atom. The number of rotatable bonds is 4. The molecule has 2 rings (SSSR count).